The van der Waals surface area contributed by atoms with Crippen molar-refractivity contribution in [2.75, 3.05) is 5.32 Å². The van der Waals surface area contributed by atoms with E-state index in [-0.39, 0.29) is 5.91 Å². The third-order valence-electron chi connectivity index (χ3n) is 2.55. The number of hydrogen-bond acceptors (Lipinski definition) is 3. The van der Waals surface area contributed by atoms with Gasteiger partial charge in [0.25, 0.3) is 5.91 Å². The van der Waals surface area contributed by atoms with E-state index in [9.17, 15) is 4.79 Å². The first-order valence-electron chi connectivity index (χ1n) is 5.46. The first-order chi connectivity index (χ1) is 8.70. The van der Waals surface area contributed by atoms with Crippen LogP contribution >= 0.6 is 0 Å². The standard InChI is InChI=1S/C13H12N4O/c1-17-12(7-9-15-17)13(18)16-11-4-2-10(3-5-11)6-8-14/h2-5,7,9H,6H2,1H3,(H,16,18). The van der Waals surface area contributed by atoms with Crippen molar-refractivity contribution >= 4 is 11.6 Å². The van der Waals surface area contributed by atoms with Crippen LogP contribution in [0.15, 0.2) is 36.5 Å². The highest BCUT2D eigenvalue weighted by molar-refractivity contribution is 6.02. The highest BCUT2D eigenvalue weighted by Gasteiger charge is 2.09. The lowest BCUT2D eigenvalue weighted by Crippen LogP contribution is -2.15. The predicted molar refractivity (Wildman–Crippen MR) is 66.9 cm³/mol. The maximum Gasteiger partial charge on any atom is 0.273 e. The van der Waals surface area contributed by atoms with Gasteiger partial charge >= 0.3 is 0 Å². The Hall–Kier alpha value is -2.61. The van der Waals surface area contributed by atoms with Crippen molar-refractivity contribution in [3.8, 4) is 6.07 Å². The Morgan fingerprint density at radius 3 is 2.67 bits per heavy atom. The molecule has 0 aliphatic rings. The Morgan fingerprint density at radius 2 is 2.11 bits per heavy atom. The van der Waals surface area contributed by atoms with Crippen LogP contribution in [-0.4, -0.2) is 15.7 Å². The Bertz CT molecular complexity index is 592. The average molecular weight is 240 g/mol. The Kier molecular flexibility index (Phi) is 3.39. The number of anilines is 1. The molecular formula is C13H12N4O. The van der Waals surface area contributed by atoms with Crippen LogP contribution < -0.4 is 5.32 Å². The van der Waals surface area contributed by atoms with Crippen molar-refractivity contribution in [1.29, 1.82) is 5.26 Å². The van der Waals surface area contributed by atoms with Crippen molar-refractivity contribution in [3.05, 3.63) is 47.8 Å². The van der Waals surface area contributed by atoms with E-state index in [1.54, 1.807) is 31.4 Å². The van der Waals surface area contributed by atoms with Gasteiger partial charge in [-0.3, -0.25) is 9.48 Å². The Labute approximate surface area is 105 Å². The molecule has 0 fully saturated rings. The molecule has 0 radical (unpaired) electrons. The van der Waals surface area contributed by atoms with E-state index in [0.29, 0.717) is 17.8 Å². The van der Waals surface area contributed by atoms with Gasteiger partial charge in [-0.15, -0.1) is 0 Å². The maximum absolute atomic E-state index is 11.9. The molecule has 5 nitrogen and oxygen atoms in total. The van der Waals surface area contributed by atoms with E-state index in [4.69, 9.17) is 5.26 Å². The van der Waals surface area contributed by atoms with E-state index < -0.39 is 0 Å². The molecule has 18 heavy (non-hydrogen) atoms. The number of carbonyl (C=O) groups excluding carboxylic acids is 1. The lowest BCUT2D eigenvalue weighted by Gasteiger charge is -2.05. The average Bonchev–Trinajstić information content (AvgIpc) is 2.78. The van der Waals surface area contributed by atoms with Crippen LogP contribution in [0.1, 0.15) is 16.1 Å². The predicted octanol–water partition coefficient (Wildman–Crippen LogP) is 1.74. The minimum absolute atomic E-state index is 0.206. The zero-order valence-electron chi connectivity index (χ0n) is 9.92. The summed E-state index contributed by atoms with van der Waals surface area (Å²) in [4.78, 5) is 11.9. The minimum atomic E-state index is -0.206. The Morgan fingerprint density at radius 1 is 1.39 bits per heavy atom. The molecule has 1 amide bonds. The van der Waals surface area contributed by atoms with Crippen molar-refractivity contribution in [3.63, 3.8) is 0 Å². The summed E-state index contributed by atoms with van der Waals surface area (Å²) < 4.78 is 1.51. The topological polar surface area (TPSA) is 70.7 Å². The number of benzene rings is 1. The minimum Gasteiger partial charge on any atom is -0.321 e. The van der Waals surface area contributed by atoms with Gasteiger partial charge in [0.05, 0.1) is 12.5 Å². The Balaban J connectivity index is 2.08. The van der Waals surface area contributed by atoms with Crippen molar-refractivity contribution in [1.82, 2.24) is 9.78 Å². The van der Waals surface area contributed by atoms with Crippen LogP contribution in [0.5, 0.6) is 0 Å². The number of nitrogens with zero attached hydrogens (tertiary/aromatic N) is 3. The second-order valence-corrected chi connectivity index (χ2v) is 3.83. The normalized spacial score (nSPS) is 9.78. The molecule has 1 N–H and O–H groups in total. The first kappa shape index (κ1) is 11.9. The van der Waals surface area contributed by atoms with Crippen LogP contribution in [-0.2, 0) is 13.5 Å². The second-order valence-electron chi connectivity index (χ2n) is 3.83. The molecule has 1 aromatic carbocycles. The number of amides is 1. The molecule has 1 heterocycles. The molecule has 0 saturated heterocycles. The van der Waals surface area contributed by atoms with Gasteiger partial charge in [-0.2, -0.15) is 10.4 Å². The van der Waals surface area contributed by atoms with Crippen molar-refractivity contribution in [2.45, 2.75) is 6.42 Å². The number of rotatable bonds is 3. The summed E-state index contributed by atoms with van der Waals surface area (Å²) in [5, 5.41) is 15.3. The van der Waals surface area contributed by atoms with E-state index in [1.165, 1.54) is 4.68 Å². The summed E-state index contributed by atoms with van der Waals surface area (Å²) in [6.45, 7) is 0. The zero-order chi connectivity index (χ0) is 13.0. The van der Waals surface area contributed by atoms with E-state index in [0.717, 1.165) is 5.56 Å². The highest BCUT2D eigenvalue weighted by Crippen LogP contribution is 2.11. The largest absolute Gasteiger partial charge is 0.321 e. The lowest BCUT2D eigenvalue weighted by molar-refractivity contribution is 0.101. The van der Waals surface area contributed by atoms with E-state index >= 15 is 0 Å². The monoisotopic (exact) mass is 240 g/mol. The van der Waals surface area contributed by atoms with Crippen LogP contribution in [0.2, 0.25) is 0 Å². The van der Waals surface area contributed by atoms with Crippen molar-refractivity contribution < 1.29 is 4.79 Å². The molecule has 2 aromatic rings. The fourth-order valence-electron chi connectivity index (χ4n) is 1.59. The molecule has 0 atom stereocenters. The van der Waals surface area contributed by atoms with Crippen LogP contribution in [0.3, 0.4) is 0 Å². The lowest BCUT2D eigenvalue weighted by atomic mass is 10.1. The summed E-state index contributed by atoms with van der Waals surface area (Å²) in [5.74, 6) is -0.206. The van der Waals surface area contributed by atoms with E-state index in [1.807, 2.05) is 12.1 Å². The molecule has 1 aromatic heterocycles. The third-order valence-corrected chi connectivity index (χ3v) is 2.55. The zero-order valence-corrected chi connectivity index (χ0v) is 9.92. The maximum atomic E-state index is 11.9. The van der Waals surface area contributed by atoms with Gasteiger partial charge in [0, 0.05) is 18.9 Å². The quantitative estimate of drug-likeness (QED) is 0.888. The molecule has 0 unspecified atom stereocenters. The van der Waals surface area contributed by atoms with Crippen LogP contribution in [0.25, 0.3) is 0 Å². The number of carbonyl (C=O) groups is 1. The van der Waals surface area contributed by atoms with Gasteiger partial charge in [-0.05, 0) is 23.8 Å². The second kappa shape index (κ2) is 5.15. The van der Waals surface area contributed by atoms with Crippen LogP contribution in [0, 0.1) is 11.3 Å². The molecule has 2 rings (SSSR count). The van der Waals surface area contributed by atoms with Crippen molar-refractivity contribution in [2.24, 2.45) is 7.05 Å². The fourth-order valence-corrected chi connectivity index (χ4v) is 1.59. The van der Waals surface area contributed by atoms with Crippen LogP contribution in [0.4, 0.5) is 5.69 Å². The van der Waals surface area contributed by atoms with Gasteiger partial charge in [0.15, 0.2) is 0 Å². The molecule has 0 saturated carbocycles. The number of nitriles is 1. The summed E-state index contributed by atoms with van der Waals surface area (Å²) in [6.07, 6.45) is 1.95. The van der Waals surface area contributed by atoms with Gasteiger partial charge in [0.2, 0.25) is 0 Å². The van der Waals surface area contributed by atoms with Gasteiger partial charge in [-0.1, -0.05) is 12.1 Å². The van der Waals surface area contributed by atoms with Gasteiger partial charge in [-0.25, -0.2) is 0 Å². The van der Waals surface area contributed by atoms with Gasteiger partial charge < -0.3 is 5.32 Å². The number of aryl methyl sites for hydroxylation is 1. The molecule has 0 spiro atoms. The summed E-state index contributed by atoms with van der Waals surface area (Å²) in [7, 11) is 1.71. The van der Waals surface area contributed by atoms with Gasteiger partial charge in [0.1, 0.15) is 5.69 Å². The fraction of sp³-hybridized carbons (Fsp3) is 0.154. The highest BCUT2D eigenvalue weighted by atomic mass is 16.2. The van der Waals surface area contributed by atoms with E-state index in [2.05, 4.69) is 16.5 Å². The third kappa shape index (κ3) is 2.55. The SMILES string of the molecule is Cn1nccc1C(=O)Nc1ccc(CC#N)cc1. The summed E-state index contributed by atoms with van der Waals surface area (Å²) >= 11 is 0. The summed E-state index contributed by atoms with van der Waals surface area (Å²) in [5.41, 5.74) is 2.12. The number of nitrogens with one attached hydrogen (secondary N) is 1. The molecule has 90 valence electrons. The molecule has 5 heteroatoms. The molecule has 0 bridgehead atoms. The first-order valence-corrected chi connectivity index (χ1v) is 5.46. The summed E-state index contributed by atoms with van der Waals surface area (Å²) in [6, 6.07) is 10.9. The smallest absolute Gasteiger partial charge is 0.273 e. The number of hydrogen-bond donors (Lipinski definition) is 1. The number of aromatic nitrogens is 2. The molecule has 0 aliphatic carbocycles. The molecule has 0 aliphatic heterocycles. The molecular weight excluding hydrogens is 228 g/mol.